The molecule has 0 aromatic carbocycles. The number of carbonyl (C=O) groups is 1. The summed E-state index contributed by atoms with van der Waals surface area (Å²) in [5.41, 5.74) is 0. The van der Waals surface area contributed by atoms with Gasteiger partial charge < -0.3 is 15.3 Å². The molecule has 2 saturated heterocycles. The number of aliphatic hydroxyl groups is 1. The van der Waals surface area contributed by atoms with Crippen molar-refractivity contribution >= 4 is 5.91 Å². The lowest BCUT2D eigenvalue weighted by molar-refractivity contribution is -0.138. The van der Waals surface area contributed by atoms with Crippen LogP contribution < -0.4 is 5.32 Å². The Balaban J connectivity index is 1.87. The number of hydrogen-bond acceptors (Lipinski definition) is 3. The van der Waals surface area contributed by atoms with Crippen molar-refractivity contribution in [1.82, 2.24) is 10.2 Å². The Morgan fingerprint density at radius 2 is 2.06 bits per heavy atom. The Hall–Kier alpha value is -0.610. The van der Waals surface area contributed by atoms with Crippen LogP contribution in [-0.2, 0) is 4.79 Å². The van der Waals surface area contributed by atoms with Crippen LogP contribution in [0.25, 0.3) is 0 Å². The number of likely N-dealkylation sites (tertiary alicyclic amines) is 1. The van der Waals surface area contributed by atoms with Crippen LogP contribution in [0.1, 0.15) is 25.7 Å². The fourth-order valence-corrected chi connectivity index (χ4v) is 2.74. The molecule has 0 aliphatic carbocycles. The second kappa shape index (κ2) is 5.64. The molecule has 4 heteroatoms. The summed E-state index contributed by atoms with van der Waals surface area (Å²) in [7, 11) is 0. The van der Waals surface area contributed by atoms with E-state index in [2.05, 4.69) is 5.32 Å². The number of amides is 1. The molecule has 0 unspecified atom stereocenters. The van der Waals surface area contributed by atoms with Gasteiger partial charge in [0.2, 0.25) is 5.91 Å². The first-order chi connectivity index (χ1) is 7.81. The molecule has 0 radical (unpaired) electrons. The lowest BCUT2D eigenvalue weighted by Crippen LogP contribution is -2.46. The van der Waals surface area contributed by atoms with Gasteiger partial charge in [-0.25, -0.2) is 0 Å². The van der Waals surface area contributed by atoms with Crippen LogP contribution in [0, 0.1) is 11.8 Å². The van der Waals surface area contributed by atoms with Crippen molar-refractivity contribution in [3.05, 3.63) is 0 Å². The molecule has 0 spiro atoms. The third-order valence-corrected chi connectivity index (χ3v) is 3.78. The maximum absolute atomic E-state index is 12.2. The molecular weight excluding hydrogens is 204 g/mol. The lowest BCUT2D eigenvalue weighted by atomic mass is 9.93. The van der Waals surface area contributed by atoms with Crippen LogP contribution in [0.15, 0.2) is 0 Å². The van der Waals surface area contributed by atoms with E-state index in [1.807, 2.05) is 4.90 Å². The standard InChI is InChI=1S/C12H22N2O2/c15-9-10-2-1-7-14(8-10)12(16)11-3-5-13-6-4-11/h10-11,13,15H,1-9H2/t10-/m1/s1. The van der Waals surface area contributed by atoms with E-state index in [0.29, 0.717) is 11.8 Å². The first kappa shape index (κ1) is 11.9. The van der Waals surface area contributed by atoms with Gasteiger partial charge in [-0.05, 0) is 44.7 Å². The number of nitrogens with one attached hydrogen (secondary N) is 1. The van der Waals surface area contributed by atoms with E-state index < -0.39 is 0 Å². The Kier molecular flexibility index (Phi) is 4.18. The van der Waals surface area contributed by atoms with Gasteiger partial charge in [0.05, 0.1) is 0 Å². The molecule has 2 aliphatic rings. The molecule has 0 aromatic heterocycles. The fraction of sp³-hybridized carbons (Fsp3) is 0.917. The minimum Gasteiger partial charge on any atom is -0.396 e. The van der Waals surface area contributed by atoms with Crippen molar-refractivity contribution in [3.63, 3.8) is 0 Å². The van der Waals surface area contributed by atoms with Crippen LogP contribution in [-0.4, -0.2) is 48.7 Å². The van der Waals surface area contributed by atoms with Gasteiger partial charge in [-0.3, -0.25) is 4.79 Å². The normalized spacial score (nSPS) is 28.1. The number of carbonyl (C=O) groups excluding carboxylic acids is 1. The molecule has 0 aromatic rings. The number of piperidine rings is 2. The van der Waals surface area contributed by atoms with E-state index in [9.17, 15) is 4.79 Å². The highest BCUT2D eigenvalue weighted by atomic mass is 16.3. The molecule has 2 N–H and O–H groups in total. The van der Waals surface area contributed by atoms with Crippen molar-refractivity contribution in [1.29, 1.82) is 0 Å². The third-order valence-electron chi connectivity index (χ3n) is 3.78. The van der Waals surface area contributed by atoms with Gasteiger partial charge >= 0.3 is 0 Å². The van der Waals surface area contributed by atoms with E-state index in [1.54, 1.807) is 0 Å². The summed E-state index contributed by atoms with van der Waals surface area (Å²) in [5, 5.41) is 12.4. The maximum Gasteiger partial charge on any atom is 0.225 e. The zero-order valence-electron chi connectivity index (χ0n) is 9.82. The number of hydrogen-bond donors (Lipinski definition) is 2. The van der Waals surface area contributed by atoms with E-state index in [0.717, 1.165) is 51.9 Å². The summed E-state index contributed by atoms with van der Waals surface area (Å²) in [4.78, 5) is 14.2. The first-order valence-corrected chi connectivity index (χ1v) is 6.41. The predicted octanol–water partition coefficient (Wildman–Crippen LogP) is 0.217. The number of aliphatic hydroxyl groups excluding tert-OH is 1. The summed E-state index contributed by atoms with van der Waals surface area (Å²) >= 11 is 0. The molecule has 16 heavy (non-hydrogen) atoms. The van der Waals surface area contributed by atoms with Gasteiger partial charge in [-0.2, -0.15) is 0 Å². The van der Waals surface area contributed by atoms with E-state index in [4.69, 9.17) is 5.11 Å². The second-order valence-corrected chi connectivity index (χ2v) is 5.00. The van der Waals surface area contributed by atoms with E-state index in [-0.39, 0.29) is 12.5 Å². The topological polar surface area (TPSA) is 52.6 Å². The average molecular weight is 226 g/mol. The Bertz CT molecular complexity index is 239. The van der Waals surface area contributed by atoms with Crippen molar-refractivity contribution in [2.75, 3.05) is 32.8 Å². The fourth-order valence-electron chi connectivity index (χ4n) is 2.74. The first-order valence-electron chi connectivity index (χ1n) is 6.41. The predicted molar refractivity (Wildman–Crippen MR) is 62.0 cm³/mol. The highest BCUT2D eigenvalue weighted by Crippen LogP contribution is 2.21. The van der Waals surface area contributed by atoms with Gasteiger partial charge in [-0.15, -0.1) is 0 Å². The molecule has 2 heterocycles. The summed E-state index contributed by atoms with van der Waals surface area (Å²) in [6.07, 6.45) is 4.05. The van der Waals surface area contributed by atoms with E-state index in [1.165, 1.54) is 0 Å². The van der Waals surface area contributed by atoms with Crippen LogP contribution in [0.3, 0.4) is 0 Å². The molecule has 2 aliphatic heterocycles. The Labute approximate surface area is 97.0 Å². The molecule has 92 valence electrons. The number of nitrogens with zero attached hydrogens (tertiary/aromatic N) is 1. The third kappa shape index (κ3) is 2.74. The highest BCUT2D eigenvalue weighted by Gasteiger charge is 2.29. The van der Waals surface area contributed by atoms with Crippen LogP contribution in [0.4, 0.5) is 0 Å². The summed E-state index contributed by atoms with van der Waals surface area (Å²) in [5.74, 6) is 0.845. The summed E-state index contributed by atoms with van der Waals surface area (Å²) in [6.45, 7) is 3.80. The highest BCUT2D eigenvalue weighted by molar-refractivity contribution is 5.79. The molecule has 2 rings (SSSR count). The molecular formula is C12H22N2O2. The van der Waals surface area contributed by atoms with Gasteiger partial charge in [0.1, 0.15) is 0 Å². The maximum atomic E-state index is 12.2. The second-order valence-electron chi connectivity index (χ2n) is 5.00. The van der Waals surface area contributed by atoms with Crippen molar-refractivity contribution in [3.8, 4) is 0 Å². The molecule has 1 atom stereocenters. The van der Waals surface area contributed by atoms with Crippen molar-refractivity contribution < 1.29 is 9.90 Å². The average Bonchev–Trinajstić information content (AvgIpc) is 2.39. The quantitative estimate of drug-likeness (QED) is 0.708. The zero-order valence-corrected chi connectivity index (χ0v) is 9.82. The summed E-state index contributed by atoms with van der Waals surface area (Å²) in [6, 6.07) is 0. The van der Waals surface area contributed by atoms with E-state index >= 15 is 0 Å². The van der Waals surface area contributed by atoms with Gasteiger partial charge in [0.15, 0.2) is 0 Å². The lowest BCUT2D eigenvalue weighted by Gasteiger charge is -2.35. The smallest absolute Gasteiger partial charge is 0.225 e. The monoisotopic (exact) mass is 226 g/mol. The molecule has 0 saturated carbocycles. The van der Waals surface area contributed by atoms with Crippen LogP contribution in [0.2, 0.25) is 0 Å². The molecule has 0 bridgehead atoms. The summed E-state index contributed by atoms with van der Waals surface area (Å²) < 4.78 is 0. The van der Waals surface area contributed by atoms with Crippen molar-refractivity contribution in [2.45, 2.75) is 25.7 Å². The van der Waals surface area contributed by atoms with Gasteiger partial charge in [0, 0.05) is 25.6 Å². The zero-order chi connectivity index (χ0) is 11.4. The molecule has 4 nitrogen and oxygen atoms in total. The number of rotatable bonds is 2. The van der Waals surface area contributed by atoms with Crippen LogP contribution >= 0.6 is 0 Å². The Morgan fingerprint density at radius 1 is 1.31 bits per heavy atom. The molecule has 1 amide bonds. The van der Waals surface area contributed by atoms with Crippen LogP contribution in [0.5, 0.6) is 0 Å². The minimum atomic E-state index is 0.218. The van der Waals surface area contributed by atoms with Crippen molar-refractivity contribution in [2.24, 2.45) is 11.8 Å². The molecule has 2 fully saturated rings. The van der Waals surface area contributed by atoms with Gasteiger partial charge in [-0.1, -0.05) is 0 Å². The van der Waals surface area contributed by atoms with Gasteiger partial charge in [0.25, 0.3) is 0 Å². The minimum absolute atomic E-state index is 0.218. The largest absolute Gasteiger partial charge is 0.396 e. The SMILES string of the molecule is O=C(C1CCNCC1)N1CCC[C@@H](CO)C1. The Morgan fingerprint density at radius 3 is 2.75 bits per heavy atom.